The molecule has 0 aliphatic heterocycles. The lowest BCUT2D eigenvalue weighted by Gasteiger charge is -2.14. The third-order valence-corrected chi connectivity index (χ3v) is 3.64. The molecule has 1 N–H and O–H groups in total. The van der Waals surface area contributed by atoms with Crippen molar-refractivity contribution in [3.8, 4) is 0 Å². The minimum Gasteiger partial charge on any atom is -0.381 e. The quantitative estimate of drug-likeness (QED) is 0.926. The van der Waals surface area contributed by atoms with Crippen LogP contribution in [-0.2, 0) is 4.74 Å². The van der Waals surface area contributed by atoms with E-state index in [2.05, 4.69) is 32.3 Å². The van der Waals surface area contributed by atoms with Gasteiger partial charge in [0.2, 0.25) is 0 Å². The molecule has 16 heavy (non-hydrogen) atoms. The van der Waals surface area contributed by atoms with Crippen molar-refractivity contribution in [3.63, 3.8) is 0 Å². The van der Waals surface area contributed by atoms with Gasteiger partial charge in [0, 0.05) is 19.3 Å². The Morgan fingerprint density at radius 2 is 2.31 bits per heavy atom. The van der Waals surface area contributed by atoms with Gasteiger partial charge in [0.05, 0.1) is 10.6 Å². The van der Waals surface area contributed by atoms with Gasteiger partial charge in [0.1, 0.15) is 5.82 Å². The summed E-state index contributed by atoms with van der Waals surface area (Å²) in [5.74, 6) is 0.937. The summed E-state index contributed by atoms with van der Waals surface area (Å²) in [4.78, 5) is 4.39. The van der Waals surface area contributed by atoms with Gasteiger partial charge >= 0.3 is 0 Å². The molecule has 0 spiro atoms. The van der Waals surface area contributed by atoms with Crippen molar-refractivity contribution in [3.05, 3.63) is 22.3 Å². The van der Waals surface area contributed by atoms with E-state index < -0.39 is 0 Å². The van der Waals surface area contributed by atoms with Crippen LogP contribution in [0.15, 0.2) is 16.7 Å². The van der Waals surface area contributed by atoms with E-state index in [1.165, 1.54) is 5.56 Å². The SMILES string of the molecule is COC1CCC(Nc2ncc(C)cc2Br)C1. The highest BCUT2D eigenvalue weighted by Crippen LogP contribution is 2.27. The fourth-order valence-corrected chi connectivity index (χ4v) is 2.70. The number of halogens is 1. The van der Waals surface area contributed by atoms with Gasteiger partial charge in [0.25, 0.3) is 0 Å². The molecular weight excluding hydrogens is 268 g/mol. The van der Waals surface area contributed by atoms with Gasteiger partial charge in [-0.05, 0) is 53.7 Å². The third kappa shape index (κ3) is 2.74. The van der Waals surface area contributed by atoms with Crippen molar-refractivity contribution < 1.29 is 4.74 Å². The fourth-order valence-electron chi connectivity index (χ4n) is 2.12. The molecule has 0 amide bonds. The van der Waals surface area contributed by atoms with Crippen LogP contribution in [0.5, 0.6) is 0 Å². The second kappa shape index (κ2) is 5.15. The Bertz CT molecular complexity index is 370. The molecule has 0 bridgehead atoms. The van der Waals surface area contributed by atoms with E-state index in [9.17, 15) is 0 Å². The normalized spacial score (nSPS) is 24.7. The highest BCUT2D eigenvalue weighted by molar-refractivity contribution is 9.10. The summed E-state index contributed by atoms with van der Waals surface area (Å²) in [6.07, 6.45) is 5.65. The van der Waals surface area contributed by atoms with Gasteiger partial charge in [-0.3, -0.25) is 0 Å². The Labute approximate surface area is 105 Å². The zero-order chi connectivity index (χ0) is 11.5. The molecule has 3 nitrogen and oxygen atoms in total. The molecule has 1 aliphatic rings. The number of nitrogens with zero attached hydrogens (tertiary/aromatic N) is 1. The molecule has 0 saturated heterocycles. The highest BCUT2D eigenvalue weighted by Gasteiger charge is 2.24. The molecule has 1 aromatic heterocycles. The lowest BCUT2D eigenvalue weighted by atomic mass is 10.2. The fraction of sp³-hybridized carbons (Fsp3) is 0.583. The van der Waals surface area contributed by atoms with E-state index in [0.717, 1.165) is 29.6 Å². The molecule has 4 heteroatoms. The Kier molecular flexibility index (Phi) is 3.82. The molecule has 2 unspecified atom stereocenters. The van der Waals surface area contributed by atoms with E-state index >= 15 is 0 Å². The summed E-state index contributed by atoms with van der Waals surface area (Å²) in [6, 6.07) is 2.56. The number of hydrogen-bond acceptors (Lipinski definition) is 3. The van der Waals surface area contributed by atoms with Gasteiger partial charge in [-0.2, -0.15) is 0 Å². The predicted octanol–water partition coefficient (Wildman–Crippen LogP) is 3.13. The third-order valence-electron chi connectivity index (χ3n) is 3.04. The number of rotatable bonds is 3. The van der Waals surface area contributed by atoms with Crippen LogP contribution >= 0.6 is 15.9 Å². The van der Waals surface area contributed by atoms with Gasteiger partial charge in [-0.15, -0.1) is 0 Å². The first kappa shape index (κ1) is 11.9. The molecule has 1 aromatic rings. The van der Waals surface area contributed by atoms with Crippen LogP contribution in [0.3, 0.4) is 0 Å². The van der Waals surface area contributed by atoms with Crippen molar-refractivity contribution in [1.29, 1.82) is 0 Å². The van der Waals surface area contributed by atoms with Gasteiger partial charge in [-0.25, -0.2) is 4.98 Å². The number of ether oxygens (including phenoxy) is 1. The molecule has 2 rings (SSSR count). The molecule has 1 saturated carbocycles. The van der Waals surface area contributed by atoms with Gasteiger partial charge in [0.15, 0.2) is 0 Å². The number of aryl methyl sites for hydroxylation is 1. The Hall–Kier alpha value is -0.610. The largest absolute Gasteiger partial charge is 0.381 e. The molecular formula is C12H17BrN2O. The first-order valence-corrected chi connectivity index (χ1v) is 6.40. The van der Waals surface area contributed by atoms with Crippen LogP contribution in [0.4, 0.5) is 5.82 Å². The van der Waals surface area contributed by atoms with Crippen LogP contribution in [0.2, 0.25) is 0 Å². The van der Waals surface area contributed by atoms with Crippen molar-refractivity contribution in [2.45, 2.75) is 38.3 Å². The minimum atomic E-state index is 0.404. The summed E-state index contributed by atoms with van der Waals surface area (Å²) in [5.41, 5.74) is 1.17. The van der Waals surface area contributed by atoms with Crippen LogP contribution in [0.1, 0.15) is 24.8 Å². The second-order valence-electron chi connectivity index (χ2n) is 4.36. The number of hydrogen-bond donors (Lipinski definition) is 1. The smallest absolute Gasteiger partial charge is 0.140 e. The zero-order valence-corrected chi connectivity index (χ0v) is 11.3. The number of nitrogens with one attached hydrogen (secondary N) is 1. The van der Waals surface area contributed by atoms with E-state index in [4.69, 9.17) is 4.74 Å². The van der Waals surface area contributed by atoms with E-state index in [-0.39, 0.29) is 0 Å². The number of methoxy groups -OCH3 is 1. The average Bonchev–Trinajstić information content (AvgIpc) is 2.70. The van der Waals surface area contributed by atoms with E-state index in [0.29, 0.717) is 12.1 Å². The summed E-state index contributed by atoms with van der Waals surface area (Å²) in [6.45, 7) is 2.04. The first-order chi connectivity index (χ1) is 7.69. The maximum Gasteiger partial charge on any atom is 0.140 e. The molecule has 1 heterocycles. The minimum absolute atomic E-state index is 0.404. The number of anilines is 1. The van der Waals surface area contributed by atoms with Crippen LogP contribution in [0, 0.1) is 6.92 Å². The zero-order valence-electron chi connectivity index (χ0n) is 9.66. The Morgan fingerprint density at radius 1 is 1.50 bits per heavy atom. The summed E-state index contributed by atoms with van der Waals surface area (Å²) < 4.78 is 6.39. The molecule has 2 atom stereocenters. The Morgan fingerprint density at radius 3 is 2.94 bits per heavy atom. The monoisotopic (exact) mass is 284 g/mol. The van der Waals surface area contributed by atoms with Crippen molar-refractivity contribution in [1.82, 2.24) is 4.98 Å². The van der Waals surface area contributed by atoms with Crippen molar-refractivity contribution in [2.24, 2.45) is 0 Å². The average molecular weight is 285 g/mol. The van der Waals surface area contributed by atoms with Crippen LogP contribution in [0.25, 0.3) is 0 Å². The molecule has 0 radical (unpaired) electrons. The molecule has 0 aromatic carbocycles. The molecule has 1 aliphatic carbocycles. The molecule has 1 fully saturated rings. The summed E-state index contributed by atoms with van der Waals surface area (Å²) >= 11 is 3.53. The lowest BCUT2D eigenvalue weighted by molar-refractivity contribution is 0.108. The Balaban J connectivity index is 1.99. The van der Waals surface area contributed by atoms with Crippen molar-refractivity contribution in [2.75, 3.05) is 12.4 Å². The van der Waals surface area contributed by atoms with Crippen LogP contribution < -0.4 is 5.32 Å². The van der Waals surface area contributed by atoms with E-state index in [1.54, 1.807) is 7.11 Å². The topological polar surface area (TPSA) is 34.1 Å². The highest BCUT2D eigenvalue weighted by atomic mass is 79.9. The first-order valence-electron chi connectivity index (χ1n) is 5.60. The predicted molar refractivity (Wildman–Crippen MR) is 68.7 cm³/mol. The lowest BCUT2D eigenvalue weighted by Crippen LogP contribution is -2.18. The van der Waals surface area contributed by atoms with Gasteiger partial charge in [-0.1, -0.05) is 0 Å². The molecule has 88 valence electrons. The number of pyridine rings is 1. The summed E-state index contributed by atoms with van der Waals surface area (Å²) in [7, 11) is 1.78. The summed E-state index contributed by atoms with van der Waals surface area (Å²) in [5, 5.41) is 3.46. The number of aromatic nitrogens is 1. The van der Waals surface area contributed by atoms with Crippen LogP contribution in [-0.4, -0.2) is 24.2 Å². The maximum atomic E-state index is 5.36. The van der Waals surface area contributed by atoms with Gasteiger partial charge < -0.3 is 10.1 Å². The van der Waals surface area contributed by atoms with Crippen molar-refractivity contribution >= 4 is 21.7 Å². The maximum absolute atomic E-state index is 5.36. The standard InChI is InChI=1S/C12H17BrN2O/c1-8-5-11(13)12(14-7-8)15-9-3-4-10(6-9)16-2/h5,7,9-10H,3-4,6H2,1-2H3,(H,14,15). The second-order valence-corrected chi connectivity index (χ2v) is 5.21. The van der Waals surface area contributed by atoms with E-state index in [1.807, 2.05) is 13.1 Å².